The van der Waals surface area contributed by atoms with Crippen LogP contribution in [0.25, 0.3) is 11.3 Å². The molecule has 0 aliphatic rings. The number of fused-ring (bicyclic) bond motifs is 1. The van der Waals surface area contributed by atoms with Gasteiger partial charge in [0.25, 0.3) is 0 Å². The van der Waals surface area contributed by atoms with Crippen LogP contribution in [-0.4, -0.2) is 30.1 Å². The van der Waals surface area contributed by atoms with Crippen molar-refractivity contribution in [1.82, 2.24) is 24.1 Å². The van der Waals surface area contributed by atoms with Gasteiger partial charge in [-0.05, 0) is 19.1 Å². The number of hydrogen-bond acceptors (Lipinski definition) is 4. The first-order valence-corrected chi connectivity index (χ1v) is 5.78. The molecule has 0 saturated carbocycles. The van der Waals surface area contributed by atoms with E-state index in [1.54, 1.807) is 10.7 Å². The number of aromatic nitrogens is 5. The number of imidazole rings is 1. The molecule has 3 heterocycles. The summed E-state index contributed by atoms with van der Waals surface area (Å²) in [7, 11) is 0. The lowest BCUT2D eigenvalue weighted by molar-refractivity contribution is -0.114. The molecular weight excluding hydrogens is 244 g/mol. The van der Waals surface area contributed by atoms with Crippen LogP contribution in [0.4, 0.5) is 5.95 Å². The maximum absolute atomic E-state index is 11.0. The summed E-state index contributed by atoms with van der Waals surface area (Å²) in [6.45, 7) is 3.35. The van der Waals surface area contributed by atoms with Gasteiger partial charge < -0.3 is 4.57 Å². The number of hydrogen-bond donors (Lipinski definition) is 1. The van der Waals surface area contributed by atoms with Gasteiger partial charge in [0, 0.05) is 19.3 Å². The van der Waals surface area contributed by atoms with Crippen LogP contribution in [0.1, 0.15) is 12.7 Å². The molecule has 0 unspecified atom stereocenters. The van der Waals surface area contributed by atoms with Crippen molar-refractivity contribution in [2.24, 2.45) is 0 Å². The molecule has 1 amide bonds. The Labute approximate surface area is 108 Å². The molecule has 0 spiro atoms. The first kappa shape index (κ1) is 11.4. The Hall–Kier alpha value is -2.70. The Morgan fingerprint density at radius 1 is 1.37 bits per heavy atom. The van der Waals surface area contributed by atoms with Crippen LogP contribution in [0.3, 0.4) is 0 Å². The predicted octanol–water partition coefficient (Wildman–Crippen LogP) is 1.18. The number of rotatable bonds is 2. The lowest BCUT2D eigenvalue weighted by atomic mass is 10.4. The molecule has 0 saturated heterocycles. The van der Waals surface area contributed by atoms with Crippen molar-refractivity contribution in [3.05, 3.63) is 36.5 Å². The third-order valence-corrected chi connectivity index (χ3v) is 2.71. The van der Waals surface area contributed by atoms with Gasteiger partial charge in [0.2, 0.25) is 11.9 Å². The lowest BCUT2D eigenvalue weighted by Gasteiger charge is -2.04. The highest BCUT2D eigenvalue weighted by molar-refractivity contribution is 5.86. The number of amides is 1. The monoisotopic (exact) mass is 256 g/mol. The van der Waals surface area contributed by atoms with Crippen molar-refractivity contribution in [3.8, 4) is 5.69 Å². The molecule has 1 N–H and O–H groups in total. The summed E-state index contributed by atoms with van der Waals surface area (Å²) < 4.78 is 3.57. The molecule has 96 valence electrons. The van der Waals surface area contributed by atoms with Crippen LogP contribution in [0.2, 0.25) is 0 Å². The summed E-state index contributed by atoms with van der Waals surface area (Å²) in [6, 6.07) is 3.77. The van der Waals surface area contributed by atoms with Crippen molar-refractivity contribution >= 4 is 17.5 Å². The Kier molecular flexibility index (Phi) is 2.52. The number of nitrogens with one attached hydrogen (secondary N) is 1. The molecular formula is C12H12N6O. The second-order valence-electron chi connectivity index (χ2n) is 4.15. The standard InChI is InChI=1S/C12H12N6O/c1-8-13-5-6-17(8)10-3-4-11-15-12(14-9(2)19)16-18(11)7-10/h3-7H,1-2H3,(H,14,16,19). The number of pyridine rings is 1. The molecule has 3 aromatic rings. The molecule has 0 fully saturated rings. The van der Waals surface area contributed by atoms with E-state index in [1.165, 1.54) is 6.92 Å². The van der Waals surface area contributed by atoms with Crippen LogP contribution in [0.5, 0.6) is 0 Å². The van der Waals surface area contributed by atoms with Crippen LogP contribution in [0, 0.1) is 6.92 Å². The predicted molar refractivity (Wildman–Crippen MR) is 69.1 cm³/mol. The molecule has 0 aliphatic heterocycles. The highest BCUT2D eigenvalue weighted by Crippen LogP contribution is 2.12. The van der Waals surface area contributed by atoms with Gasteiger partial charge in [0.05, 0.1) is 11.9 Å². The highest BCUT2D eigenvalue weighted by atomic mass is 16.1. The fraction of sp³-hybridized carbons (Fsp3) is 0.167. The maximum Gasteiger partial charge on any atom is 0.249 e. The SMILES string of the molecule is CC(=O)Nc1nc2ccc(-n3ccnc3C)cn2n1. The molecule has 0 atom stereocenters. The number of nitrogens with zero attached hydrogens (tertiary/aromatic N) is 5. The van der Waals surface area contributed by atoms with Crippen LogP contribution in [-0.2, 0) is 4.79 Å². The third kappa shape index (κ3) is 2.05. The zero-order chi connectivity index (χ0) is 13.4. The minimum Gasteiger partial charge on any atom is -0.302 e. The summed E-state index contributed by atoms with van der Waals surface area (Å²) >= 11 is 0. The average Bonchev–Trinajstić information content (AvgIpc) is 2.92. The Morgan fingerprint density at radius 3 is 2.89 bits per heavy atom. The van der Waals surface area contributed by atoms with E-state index in [9.17, 15) is 4.79 Å². The zero-order valence-electron chi connectivity index (χ0n) is 10.5. The number of carbonyl (C=O) groups excluding carboxylic acids is 1. The van der Waals surface area contributed by atoms with Crippen molar-refractivity contribution in [2.45, 2.75) is 13.8 Å². The van der Waals surface area contributed by atoms with Crippen molar-refractivity contribution in [2.75, 3.05) is 5.32 Å². The van der Waals surface area contributed by atoms with Crippen molar-refractivity contribution < 1.29 is 4.79 Å². The highest BCUT2D eigenvalue weighted by Gasteiger charge is 2.07. The Bertz CT molecular complexity index is 757. The van der Waals surface area contributed by atoms with Crippen LogP contribution >= 0.6 is 0 Å². The molecule has 0 radical (unpaired) electrons. The quantitative estimate of drug-likeness (QED) is 0.747. The number of aryl methyl sites for hydroxylation is 1. The van der Waals surface area contributed by atoms with E-state index in [-0.39, 0.29) is 5.91 Å². The normalized spacial score (nSPS) is 10.8. The van der Waals surface area contributed by atoms with Gasteiger partial charge in [-0.25, -0.2) is 9.50 Å². The summed E-state index contributed by atoms with van der Waals surface area (Å²) in [5.41, 5.74) is 1.60. The average molecular weight is 256 g/mol. The molecule has 0 aromatic carbocycles. The molecule has 0 aliphatic carbocycles. The first-order valence-electron chi connectivity index (χ1n) is 5.78. The van der Waals surface area contributed by atoms with E-state index < -0.39 is 0 Å². The van der Waals surface area contributed by atoms with E-state index >= 15 is 0 Å². The van der Waals surface area contributed by atoms with Gasteiger partial charge in [-0.15, -0.1) is 5.10 Å². The zero-order valence-corrected chi connectivity index (χ0v) is 10.5. The molecule has 19 heavy (non-hydrogen) atoms. The second kappa shape index (κ2) is 4.20. The molecule has 3 rings (SSSR count). The van der Waals surface area contributed by atoms with E-state index in [4.69, 9.17) is 0 Å². The Morgan fingerprint density at radius 2 is 2.21 bits per heavy atom. The second-order valence-corrected chi connectivity index (χ2v) is 4.15. The third-order valence-electron chi connectivity index (χ3n) is 2.71. The minimum absolute atomic E-state index is 0.193. The number of anilines is 1. The maximum atomic E-state index is 11.0. The fourth-order valence-corrected chi connectivity index (χ4v) is 1.88. The van der Waals surface area contributed by atoms with E-state index in [2.05, 4.69) is 20.4 Å². The van der Waals surface area contributed by atoms with Crippen LogP contribution in [0.15, 0.2) is 30.7 Å². The van der Waals surface area contributed by atoms with E-state index in [0.717, 1.165) is 11.5 Å². The first-order chi connectivity index (χ1) is 9.13. The van der Waals surface area contributed by atoms with Gasteiger partial charge in [-0.1, -0.05) is 0 Å². The Balaban J connectivity index is 2.06. The van der Waals surface area contributed by atoms with E-state index in [1.807, 2.05) is 36.0 Å². The topological polar surface area (TPSA) is 77.1 Å². The fourth-order valence-electron chi connectivity index (χ4n) is 1.88. The molecule has 7 nitrogen and oxygen atoms in total. The van der Waals surface area contributed by atoms with Crippen LogP contribution < -0.4 is 5.32 Å². The summed E-state index contributed by atoms with van der Waals surface area (Å²) in [4.78, 5) is 19.3. The minimum atomic E-state index is -0.193. The van der Waals surface area contributed by atoms with Gasteiger partial charge in [-0.3, -0.25) is 10.1 Å². The lowest BCUT2D eigenvalue weighted by Crippen LogP contribution is -2.07. The number of carbonyl (C=O) groups is 1. The molecule has 3 aromatic heterocycles. The summed E-state index contributed by atoms with van der Waals surface area (Å²) in [6.07, 6.45) is 5.45. The van der Waals surface area contributed by atoms with Crippen molar-refractivity contribution in [1.29, 1.82) is 0 Å². The largest absolute Gasteiger partial charge is 0.302 e. The van der Waals surface area contributed by atoms with Gasteiger partial charge in [0.15, 0.2) is 5.65 Å². The van der Waals surface area contributed by atoms with Gasteiger partial charge in [-0.2, -0.15) is 4.98 Å². The molecule has 7 heteroatoms. The van der Waals surface area contributed by atoms with E-state index in [0.29, 0.717) is 11.6 Å². The smallest absolute Gasteiger partial charge is 0.249 e. The summed E-state index contributed by atoms with van der Waals surface area (Å²) in [5, 5.41) is 6.75. The molecule has 0 bridgehead atoms. The summed E-state index contributed by atoms with van der Waals surface area (Å²) in [5.74, 6) is 0.995. The van der Waals surface area contributed by atoms with Crippen molar-refractivity contribution in [3.63, 3.8) is 0 Å². The van der Waals surface area contributed by atoms with Gasteiger partial charge >= 0.3 is 0 Å². The van der Waals surface area contributed by atoms with Gasteiger partial charge in [0.1, 0.15) is 5.82 Å².